The second-order valence-electron chi connectivity index (χ2n) is 8.79. The van der Waals surface area contributed by atoms with E-state index in [9.17, 15) is 40.9 Å². The third-order valence-corrected chi connectivity index (χ3v) is 6.26. The lowest BCUT2D eigenvalue weighted by molar-refractivity contribution is -0.298. The standard InChI is InChI=1S/C26H34O12/c1-35-19-10-14(5-6-16(19)28)17(29)11-18(30)15-8-13(9-20(36-2)22(15)31)4-3-7-37-26-25(34)24(33)23(32)21(12-27)38-26/h3-6,8-10,17-18,21,23-34H,7,11-12H2,1-2H3/b4-3+/t17-,18-,21+,23+,24-,25+,26+/m0/s1. The number of methoxy groups -OCH3 is 2. The van der Waals surface area contributed by atoms with E-state index in [0.717, 1.165) is 0 Å². The molecule has 210 valence electrons. The number of rotatable bonds is 11. The quantitative estimate of drug-likeness (QED) is 0.192. The van der Waals surface area contributed by atoms with Crippen molar-refractivity contribution in [2.45, 2.75) is 49.3 Å². The van der Waals surface area contributed by atoms with Crippen LogP contribution in [-0.2, 0) is 9.47 Å². The van der Waals surface area contributed by atoms with Gasteiger partial charge in [-0.05, 0) is 35.4 Å². The smallest absolute Gasteiger partial charge is 0.187 e. The summed E-state index contributed by atoms with van der Waals surface area (Å²) in [5.74, 6) is -0.151. The number of aliphatic hydroxyl groups is 6. The van der Waals surface area contributed by atoms with Crippen LogP contribution in [0.25, 0.3) is 6.08 Å². The molecule has 38 heavy (non-hydrogen) atoms. The van der Waals surface area contributed by atoms with Crippen LogP contribution in [0.15, 0.2) is 36.4 Å². The molecule has 0 amide bonds. The van der Waals surface area contributed by atoms with Crippen LogP contribution in [0.4, 0.5) is 0 Å². The minimum Gasteiger partial charge on any atom is -0.504 e. The van der Waals surface area contributed by atoms with Crippen LogP contribution in [0.2, 0.25) is 0 Å². The number of phenolic OH excluding ortho intramolecular Hbond substituents is 2. The molecule has 0 aliphatic carbocycles. The van der Waals surface area contributed by atoms with Crippen LogP contribution in [-0.4, -0.2) is 99.0 Å². The summed E-state index contributed by atoms with van der Waals surface area (Å²) >= 11 is 0. The lowest BCUT2D eigenvalue weighted by atomic mass is 9.96. The number of hydrogen-bond acceptors (Lipinski definition) is 12. The van der Waals surface area contributed by atoms with Gasteiger partial charge in [-0.15, -0.1) is 0 Å². The van der Waals surface area contributed by atoms with Crippen molar-refractivity contribution in [3.05, 3.63) is 53.1 Å². The summed E-state index contributed by atoms with van der Waals surface area (Å²) in [4.78, 5) is 0. The van der Waals surface area contributed by atoms with Crippen LogP contribution >= 0.6 is 0 Å². The fraction of sp³-hybridized carbons (Fsp3) is 0.462. The van der Waals surface area contributed by atoms with Gasteiger partial charge < -0.3 is 59.8 Å². The second-order valence-corrected chi connectivity index (χ2v) is 8.79. The highest BCUT2D eigenvalue weighted by Crippen LogP contribution is 2.39. The topological polar surface area (TPSA) is 199 Å². The van der Waals surface area contributed by atoms with Gasteiger partial charge in [0.25, 0.3) is 0 Å². The monoisotopic (exact) mass is 538 g/mol. The molecule has 8 N–H and O–H groups in total. The van der Waals surface area contributed by atoms with Crippen LogP contribution in [0, 0.1) is 0 Å². The lowest BCUT2D eigenvalue weighted by Crippen LogP contribution is -2.59. The minimum atomic E-state index is -1.56. The zero-order chi connectivity index (χ0) is 28.0. The minimum absolute atomic E-state index is 0.0804. The molecule has 12 heteroatoms. The van der Waals surface area contributed by atoms with Crippen LogP contribution in [0.1, 0.15) is 35.3 Å². The van der Waals surface area contributed by atoms with Crippen LogP contribution in [0.5, 0.6) is 23.0 Å². The predicted octanol–water partition coefficient (Wildman–Crippen LogP) is 0.102. The van der Waals surface area contributed by atoms with Crippen LogP contribution in [0.3, 0.4) is 0 Å². The maximum Gasteiger partial charge on any atom is 0.187 e. The van der Waals surface area contributed by atoms with E-state index in [-0.39, 0.29) is 41.6 Å². The number of benzene rings is 2. The van der Waals surface area contributed by atoms with Crippen molar-refractivity contribution >= 4 is 6.08 Å². The maximum absolute atomic E-state index is 10.8. The largest absolute Gasteiger partial charge is 0.504 e. The van der Waals surface area contributed by atoms with Gasteiger partial charge in [-0.2, -0.15) is 0 Å². The number of ether oxygens (including phenoxy) is 4. The average Bonchev–Trinajstić information content (AvgIpc) is 2.91. The fourth-order valence-electron chi connectivity index (χ4n) is 4.07. The number of hydrogen-bond donors (Lipinski definition) is 8. The van der Waals surface area contributed by atoms with Gasteiger partial charge in [-0.1, -0.05) is 18.2 Å². The first-order valence-electron chi connectivity index (χ1n) is 11.8. The highest BCUT2D eigenvalue weighted by molar-refractivity contribution is 5.59. The van der Waals surface area contributed by atoms with Crippen molar-refractivity contribution < 1.29 is 59.8 Å². The van der Waals surface area contributed by atoms with Crippen molar-refractivity contribution in [1.29, 1.82) is 0 Å². The molecule has 1 heterocycles. The first-order chi connectivity index (χ1) is 18.1. The summed E-state index contributed by atoms with van der Waals surface area (Å²) in [6.07, 6.45) is -6.45. The zero-order valence-corrected chi connectivity index (χ0v) is 20.9. The molecule has 2 aromatic carbocycles. The molecule has 1 aliphatic rings. The molecule has 0 aromatic heterocycles. The Hall–Kier alpha value is -2.94. The molecule has 1 saturated heterocycles. The molecule has 2 aromatic rings. The van der Waals surface area contributed by atoms with E-state index in [2.05, 4.69) is 0 Å². The van der Waals surface area contributed by atoms with Crippen molar-refractivity contribution in [3.63, 3.8) is 0 Å². The summed E-state index contributed by atoms with van der Waals surface area (Å²) < 4.78 is 21.0. The normalized spacial score (nSPS) is 25.3. The van der Waals surface area contributed by atoms with Gasteiger partial charge in [0.2, 0.25) is 0 Å². The van der Waals surface area contributed by atoms with E-state index in [0.29, 0.717) is 11.1 Å². The summed E-state index contributed by atoms with van der Waals surface area (Å²) in [6, 6.07) is 7.31. The molecule has 0 unspecified atom stereocenters. The van der Waals surface area contributed by atoms with Gasteiger partial charge in [0, 0.05) is 12.0 Å². The van der Waals surface area contributed by atoms with E-state index in [1.165, 1.54) is 44.6 Å². The highest BCUT2D eigenvalue weighted by Gasteiger charge is 2.43. The number of phenols is 2. The summed E-state index contributed by atoms with van der Waals surface area (Å²) in [6.45, 7) is -0.667. The van der Waals surface area contributed by atoms with Crippen LogP contribution < -0.4 is 9.47 Å². The molecule has 0 saturated carbocycles. The average molecular weight is 539 g/mol. The van der Waals surface area contributed by atoms with Crippen molar-refractivity contribution in [2.24, 2.45) is 0 Å². The van der Waals surface area contributed by atoms with Gasteiger partial charge in [-0.3, -0.25) is 0 Å². The zero-order valence-electron chi connectivity index (χ0n) is 20.9. The third kappa shape index (κ3) is 6.73. The molecule has 1 fully saturated rings. The van der Waals surface area contributed by atoms with E-state index < -0.39 is 49.5 Å². The number of aliphatic hydroxyl groups excluding tert-OH is 6. The molecule has 0 bridgehead atoms. The van der Waals surface area contributed by atoms with Gasteiger partial charge >= 0.3 is 0 Å². The van der Waals surface area contributed by atoms with E-state index >= 15 is 0 Å². The molecule has 7 atom stereocenters. The fourth-order valence-corrected chi connectivity index (χ4v) is 4.07. The predicted molar refractivity (Wildman–Crippen MR) is 133 cm³/mol. The first-order valence-corrected chi connectivity index (χ1v) is 11.8. The van der Waals surface area contributed by atoms with E-state index in [4.69, 9.17) is 18.9 Å². The molecule has 12 nitrogen and oxygen atoms in total. The van der Waals surface area contributed by atoms with Gasteiger partial charge in [0.1, 0.15) is 24.4 Å². The number of aromatic hydroxyl groups is 2. The Morgan fingerprint density at radius 2 is 1.63 bits per heavy atom. The van der Waals surface area contributed by atoms with Crippen molar-refractivity contribution in [3.8, 4) is 23.0 Å². The van der Waals surface area contributed by atoms with Crippen molar-refractivity contribution in [2.75, 3.05) is 27.4 Å². The Kier molecular flexibility index (Phi) is 10.3. The molecule has 1 aliphatic heterocycles. The van der Waals surface area contributed by atoms with Gasteiger partial charge in [-0.25, -0.2) is 0 Å². The Morgan fingerprint density at radius 3 is 2.29 bits per heavy atom. The first kappa shape index (κ1) is 29.6. The van der Waals surface area contributed by atoms with E-state index in [1.54, 1.807) is 12.2 Å². The SMILES string of the molecule is COc1cc([C@@H](O)C[C@H](O)c2cc(/C=C/CO[C@@H]3O[C@H](CO)[C@@H](O)[C@H](O)[C@H]3O)cc(OC)c2O)ccc1O. The van der Waals surface area contributed by atoms with Gasteiger partial charge in [0.05, 0.1) is 39.6 Å². The summed E-state index contributed by atoms with van der Waals surface area (Å²) in [7, 11) is 2.72. The molecule has 0 spiro atoms. The maximum atomic E-state index is 10.8. The molecule has 0 radical (unpaired) electrons. The summed E-state index contributed by atoms with van der Waals surface area (Å²) in [5.41, 5.74) is 1.00. The highest BCUT2D eigenvalue weighted by atomic mass is 16.7. The molecular formula is C26H34O12. The second kappa shape index (κ2) is 13.2. The Labute approximate surface area is 219 Å². The van der Waals surface area contributed by atoms with Gasteiger partial charge in [0.15, 0.2) is 29.3 Å². The van der Waals surface area contributed by atoms with E-state index in [1.807, 2.05) is 0 Å². The summed E-state index contributed by atoms with van der Waals surface area (Å²) in [5, 5.41) is 80.8. The molecular weight excluding hydrogens is 504 g/mol. The Bertz CT molecular complexity index is 1090. The molecule has 3 rings (SSSR count). The Morgan fingerprint density at radius 1 is 0.921 bits per heavy atom. The van der Waals surface area contributed by atoms with Crippen molar-refractivity contribution in [1.82, 2.24) is 0 Å². The third-order valence-electron chi connectivity index (χ3n) is 6.26. The Balaban J connectivity index is 1.70. The lowest BCUT2D eigenvalue weighted by Gasteiger charge is -2.39.